The van der Waals surface area contributed by atoms with Gasteiger partial charge in [0.25, 0.3) is 0 Å². The fourth-order valence-electron chi connectivity index (χ4n) is 10.5. The minimum Gasteiger partial charge on any atom is -0.494 e. The van der Waals surface area contributed by atoms with Crippen molar-refractivity contribution in [3.05, 3.63) is 41.5 Å². The number of carbonyl (C=O) groups excluding carboxylic acids is 1. The summed E-state index contributed by atoms with van der Waals surface area (Å²) < 4.78 is 17.1. The maximum Gasteiger partial charge on any atom is 0.508 e. The van der Waals surface area contributed by atoms with Crippen molar-refractivity contribution in [2.45, 2.75) is 137 Å². The lowest BCUT2D eigenvalue weighted by molar-refractivity contribution is -0.0617. The van der Waals surface area contributed by atoms with E-state index in [1.807, 2.05) is 12.1 Å². The Kier molecular flexibility index (Phi) is 11.8. The van der Waals surface area contributed by atoms with E-state index in [-0.39, 0.29) is 11.5 Å². The first kappa shape index (κ1) is 34.8. The Morgan fingerprint density at radius 3 is 2.41 bits per heavy atom. The van der Waals surface area contributed by atoms with Crippen LogP contribution < -0.4 is 4.74 Å². The molecule has 0 aromatic heterocycles. The molecular weight excluding hydrogens is 570 g/mol. The molecule has 0 N–H and O–H groups in total. The van der Waals surface area contributed by atoms with E-state index in [1.54, 1.807) is 17.7 Å². The smallest absolute Gasteiger partial charge is 0.494 e. The number of nitriles is 1. The third-order valence-corrected chi connectivity index (χ3v) is 13.0. The number of unbranched alkanes of at least 4 members (excludes halogenated alkanes) is 3. The second kappa shape index (κ2) is 15.6. The first-order valence-electron chi connectivity index (χ1n) is 18.8. The van der Waals surface area contributed by atoms with Crippen LogP contribution in [0.25, 0.3) is 0 Å². The van der Waals surface area contributed by atoms with Crippen molar-refractivity contribution in [3.63, 3.8) is 0 Å². The van der Waals surface area contributed by atoms with Crippen LogP contribution >= 0.6 is 0 Å². The minimum absolute atomic E-state index is 0.0563. The lowest BCUT2D eigenvalue weighted by Crippen LogP contribution is -2.51. The molecule has 0 radical (unpaired) electrons. The van der Waals surface area contributed by atoms with Crippen LogP contribution in [0.15, 0.2) is 35.9 Å². The fraction of sp³-hybridized carbons (Fsp3) is 0.756. The molecule has 0 heterocycles. The molecular formula is C41H61NO4. The summed E-state index contributed by atoms with van der Waals surface area (Å²) in [5, 5.41) is 8.89. The zero-order valence-electron chi connectivity index (χ0n) is 29.5. The Labute approximate surface area is 279 Å². The average molecular weight is 632 g/mol. The highest BCUT2D eigenvalue weighted by atomic mass is 16.7. The summed E-state index contributed by atoms with van der Waals surface area (Å²) in [5.74, 6) is 5.83. The molecule has 0 spiro atoms. The van der Waals surface area contributed by atoms with Crippen molar-refractivity contribution >= 4 is 6.16 Å². The largest absolute Gasteiger partial charge is 0.508 e. The van der Waals surface area contributed by atoms with E-state index in [0.717, 1.165) is 86.2 Å². The number of benzene rings is 1. The Balaban J connectivity index is 1.02. The van der Waals surface area contributed by atoms with Gasteiger partial charge in [-0.2, -0.15) is 5.26 Å². The Morgan fingerprint density at radius 2 is 1.67 bits per heavy atom. The number of allylic oxidation sites excluding steroid dienone is 1. The summed E-state index contributed by atoms with van der Waals surface area (Å²) in [6.07, 6.45) is 19.8. The second-order valence-electron chi connectivity index (χ2n) is 16.3. The van der Waals surface area contributed by atoms with Crippen LogP contribution in [0.3, 0.4) is 0 Å². The van der Waals surface area contributed by atoms with E-state index < -0.39 is 6.16 Å². The van der Waals surface area contributed by atoms with Crippen LogP contribution in [0.5, 0.6) is 5.75 Å². The zero-order valence-corrected chi connectivity index (χ0v) is 29.5. The molecule has 3 saturated carbocycles. The van der Waals surface area contributed by atoms with Gasteiger partial charge in [0.15, 0.2) is 0 Å². The molecule has 5 nitrogen and oxygen atoms in total. The van der Waals surface area contributed by atoms with Crippen LogP contribution in [0.1, 0.15) is 136 Å². The number of rotatable bonds is 14. The number of carbonyl (C=O) groups is 1. The Bertz CT molecular complexity index is 1220. The molecule has 46 heavy (non-hydrogen) atoms. The second-order valence-corrected chi connectivity index (χ2v) is 16.3. The van der Waals surface area contributed by atoms with E-state index >= 15 is 0 Å². The van der Waals surface area contributed by atoms with E-state index in [2.05, 4.69) is 46.8 Å². The van der Waals surface area contributed by atoms with Crippen molar-refractivity contribution in [1.29, 1.82) is 5.26 Å². The molecule has 5 rings (SSSR count). The molecule has 0 amide bonds. The van der Waals surface area contributed by atoms with Crippen molar-refractivity contribution < 1.29 is 19.0 Å². The van der Waals surface area contributed by atoms with Gasteiger partial charge in [0.1, 0.15) is 11.9 Å². The number of nitrogens with zero attached hydrogens (tertiary/aromatic N) is 1. The zero-order chi connectivity index (χ0) is 32.7. The molecule has 0 aliphatic heterocycles. The monoisotopic (exact) mass is 631 g/mol. The summed E-state index contributed by atoms with van der Waals surface area (Å²) in [5.41, 5.74) is 2.97. The molecule has 1 aromatic carbocycles. The third-order valence-electron chi connectivity index (χ3n) is 13.0. The van der Waals surface area contributed by atoms with Crippen LogP contribution in [0, 0.1) is 57.7 Å². The van der Waals surface area contributed by atoms with Crippen LogP contribution in [-0.4, -0.2) is 25.5 Å². The topological polar surface area (TPSA) is 68.6 Å². The van der Waals surface area contributed by atoms with Crippen LogP contribution in [-0.2, 0) is 9.47 Å². The molecule has 0 bridgehead atoms. The third kappa shape index (κ3) is 7.96. The van der Waals surface area contributed by atoms with Gasteiger partial charge in [-0.1, -0.05) is 65.5 Å². The summed E-state index contributed by atoms with van der Waals surface area (Å²) in [6.45, 7) is 13.6. The summed E-state index contributed by atoms with van der Waals surface area (Å²) in [4.78, 5) is 12.6. The Morgan fingerprint density at radius 1 is 0.913 bits per heavy atom. The van der Waals surface area contributed by atoms with Crippen molar-refractivity contribution in [1.82, 2.24) is 0 Å². The van der Waals surface area contributed by atoms with Crippen molar-refractivity contribution in [2.75, 3.05) is 13.2 Å². The first-order chi connectivity index (χ1) is 22.1. The normalized spacial score (nSPS) is 32.4. The standard InChI is InChI=1S/C41H61NO4/c1-29(2)11-10-12-30(3)36-19-20-37-35-18-15-32-27-34(21-23-40(32,4)38(35)22-24-41(36,37)5)46-39(43)45-26-9-7-6-8-25-44-33-16-13-31(28-42)14-17-33/h13-17,29-30,34-38H,6-12,18-27H2,1-5H3/t30?,34-,35-,36+,37-,38-,40-,41+/m0/s1. The highest BCUT2D eigenvalue weighted by Crippen LogP contribution is 2.67. The van der Waals surface area contributed by atoms with Crippen LogP contribution in [0.4, 0.5) is 4.79 Å². The number of hydrogen-bond donors (Lipinski definition) is 0. The molecule has 0 saturated heterocycles. The molecule has 1 unspecified atom stereocenters. The van der Waals surface area contributed by atoms with E-state index in [9.17, 15) is 4.79 Å². The quantitative estimate of drug-likeness (QED) is 0.116. The lowest BCUT2D eigenvalue weighted by atomic mass is 9.47. The lowest BCUT2D eigenvalue weighted by Gasteiger charge is -2.58. The van der Waals surface area contributed by atoms with Gasteiger partial charge in [0.05, 0.1) is 24.8 Å². The number of fused-ring (bicyclic) bond motifs is 5. The van der Waals surface area contributed by atoms with Gasteiger partial charge in [-0.05, 0) is 141 Å². The molecule has 8 atom stereocenters. The van der Waals surface area contributed by atoms with Gasteiger partial charge in [-0.25, -0.2) is 4.79 Å². The molecule has 5 heteroatoms. The van der Waals surface area contributed by atoms with Crippen molar-refractivity contribution in [2.24, 2.45) is 46.3 Å². The van der Waals surface area contributed by atoms with E-state index in [1.165, 1.54) is 51.4 Å². The number of ether oxygens (including phenoxy) is 3. The summed E-state index contributed by atoms with van der Waals surface area (Å²) in [7, 11) is 0. The predicted molar refractivity (Wildman–Crippen MR) is 184 cm³/mol. The maximum absolute atomic E-state index is 12.6. The maximum atomic E-state index is 12.6. The highest BCUT2D eigenvalue weighted by Gasteiger charge is 2.59. The summed E-state index contributed by atoms with van der Waals surface area (Å²) >= 11 is 0. The van der Waals surface area contributed by atoms with Gasteiger partial charge in [-0.3, -0.25) is 0 Å². The molecule has 3 fully saturated rings. The number of hydrogen-bond acceptors (Lipinski definition) is 5. The van der Waals surface area contributed by atoms with Crippen LogP contribution in [0.2, 0.25) is 0 Å². The molecule has 254 valence electrons. The molecule has 4 aliphatic carbocycles. The highest BCUT2D eigenvalue weighted by molar-refractivity contribution is 5.60. The van der Waals surface area contributed by atoms with E-state index in [0.29, 0.717) is 24.2 Å². The van der Waals surface area contributed by atoms with E-state index in [4.69, 9.17) is 19.5 Å². The van der Waals surface area contributed by atoms with Gasteiger partial charge in [0.2, 0.25) is 0 Å². The average Bonchev–Trinajstić information content (AvgIpc) is 3.40. The predicted octanol–water partition coefficient (Wildman–Crippen LogP) is 11.1. The van der Waals surface area contributed by atoms with Gasteiger partial charge in [0, 0.05) is 6.42 Å². The molecule has 4 aliphatic rings. The van der Waals surface area contributed by atoms with Gasteiger partial charge >= 0.3 is 6.16 Å². The van der Waals surface area contributed by atoms with Crippen molar-refractivity contribution in [3.8, 4) is 11.8 Å². The van der Waals surface area contributed by atoms with Gasteiger partial charge < -0.3 is 14.2 Å². The Hall–Kier alpha value is -2.48. The fourth-order valence-corrected chi connectivity index (χ4v) is 10.5. The van der Waals surface area contributed by atoms with Gasteiger partial charge in [-0.15, -0.1) is 0 Å². The minimum atomic E-state index is -0.500. The summed E-state index contributed by atoms with van der Waals surface area (Å²) in [6, 6.07) is 9.32. The molecule has 1 aromatic rings. The first-order valence-corrected chi connectivity index (χ1v) is 18.8. The SMILES string of the molecule is CC(C)CCCC(C)[C@H]1CC[C@H]2[C@@H]3CC=C4C[C@@H](OC(=O)OCCCCCCOc5ccc(C#N)cc5)CC[C@]4(C)[C@H]3CC[C@]12C.